The molecule has 2 aromatic rings. The maximum absolute atomic E-state index is 12.2. The average Bonchev–Trinajstić information content (AvgIpc) is 2.96. The van der Waals surface area contributed by atoms with Crippen molar-refractivity contribution in [2.75, 3.05) is 7.05 Å². The van der Waals surface area contributed by atoms with E-state index >= 15 is 0 Å². The number of likely N-dealkylation sites (N-methyl/N-ethyl adjacent to an activating group) is 1. The van der Waals surface area contributed by atoms with Crippen LogP contribution in [0.5, 0.6) is 0 Å². The van der Waals surface area contributed by atoms with Crippen LogP contribution in [-0.4, -0.2) is 23.4 Å². The van der Waals surface area contributed by atoms with Gasteiger partial charge in [-0.3, -0.25) is 9.59 Å². The molecule has 0 radical (unpaired) electrons. The zero-order chi connectivity index (χ0) is 15.9. The fourth-order valence-corrected chi connectivity index (χ4v) is 2.32. The first kappa shape index (κ1) is 15.8. The molecule has 0 fully saturated rings. The van der Waals surface area contributed by atoms with Gasteiger partial charge < -0.3 is 15.2 Å². The number of hydrogen-bond acceptors (Lipinski definition) is 2. The zero-order valence-electron chi connectivity index (χ0n) is 12.9. The van der Waals surface area contributed by atoms with Crippen molar-refractivity contribution >= 4 is 11.8 Å². The Bertz CT molecular complexity index is 634. The first-order chi connectivity index (χ1) is 10.6. The highest BCUT2D eigenvalue weighted by Crippen LogP contribution is 2.13. The monoisotopic (exact) mass is 299 g/mol. The predicted molar refractivity (Wildman–Crippen MR) is 85.1 cm³/mol. The lowest BCUT2D eigenvalue weighted by Gasteiger charge is -2.17. The molecule has 0 bridgehead atoms. The topological polar surface area (TPSA) is 63.1 Å². The lowest BCUT2D eigenvalue weighted by molar-refractivity contribution is -0.128. The molecular formula is C17H21N3O2. The summed E-state index contributed by atoms with van der Waals surface area (Å²) < 4.78 is 1.99. The molecule has 1 atom stereocenters. The van der Waals surface area contributed by atoms with Crippen molar-refractivity contribution in [3.05, 3.63) is 59.9 Å². The molecule has 1 aromatic carbocycles. The Morgan fingerprint density at radius 2 is 1.86 bits per heavy atom. The van der Waals surface area contributed by atoms with Gasteiger partial charge in [0.15, 0.2) is 0 Å². The number of amides is 2. The van der Waals surface area contributed by atoms with Crippen LogP contribution in [0.2, 0.25) is 0 Å². The summed E-state index contributed by atoms with van der Waals surface area (Å²) in [6.07, 6.45) is 2.94. The van der Waals surface area contributed by atoms with E-state index in [0.29, 0.717) is 12.8 Å². The smallest absolute Gasteiger partial charge is 0.246 e. The molecule has 1 aromatic heterocycles. The van der Waals surface area contributed by atoms with E-state index in [1.165, 1.54) is 0 Å². The minimum atomic E-state index is -0.660. The molecule has 0 saturated heterocycles. The zero-order valence-corrected chi connectivity index (χ0v) is 12.9. The summed E-state index contributed by atoms with van der Waals surface area (Å²) in [7, 11) is 3.51. The minimum Gasteiger partial charge on any atom is -0.357 e. The van der Waals surface area contributed by atoms with Crippen LogP contribution in [0.4, 0.5) is 0 Å². The van der Waals surface area contributed by atoms with Crippen molar-refractivity contribution in [1.82, 2.24) is 15.2 Å². The summed E-state index contributed by atoms with van der Waals surface area (Å²) in [5, 5.41) is 5.40. The number of aromatic nitrogens is 1. The van der Waals surface area contributed by atoms with Crippen LogP contribution in [0.15, 0.2) is 48.7 Å². The van der Waals surface area contributed by atoms with Gasteiger partial charge >= 0.3 is 0 Å². The molecule has 0 aliphatic rings. The van der Waals surface area contributed by atoms with Gasteiger partial charge in [0.1, 0.15) is 6.04 Å². The van der Waals surface area contributed by atoms with Crippen molar-refractivity contribution in [2.24, 2.45) is 7.05 Å². The fraction of sp³-hybridized carbons (Fsp3) is 0.294. The molecule has 5 heteroatoms. The van der Waals surface area contributed by atoms with E-state index in [9.17, 15) is 9.59 Å². The summed E-state index contributed by atoms with van der Waals surface area (Å²) in [6.45, 7) is 0. The van der Waals surface area contributed by atoms with Gasteiger partial charge in [0.05, 0.1) is 0 Å². The van der Waals surface area contributed by atoms with Crippen molar-refractivity contribution in [3.8, 4) is 0 Å². The predicted octanol–water partition coefficient (Wildman–Crippen LogP) is 1.56. The van der Waals surface area contributed by atoms with Crippen LogP contribution in [0.3, 0.4) is 0 Å². The number of nitrogens with one attached hydrogen (secondary N) is 2. The summed E-state index contributed by atoms with van der Waals surface area (Å²) in [5.41, 5.74) is 1.86. The van der Waals surface area contributed by atoms with Gasteiger partial charge in [-0.05, 0) is 24.1 Å². The van der Waals surface area contributed by atoms with Crippen LogP contribution < -0.4 is 10.6 Å². The van der Waals surface area contributed by atoms with Gasteiger partial charge in [0.25, 0.3) is 0 Å². The lowest BCUT2D eigenvalue weighted by atomic mass is 10.1. The fourth-order valence-electron chi connectivity index (χ4n) is 2.32. The van der Waals surface area contributed by atoms with Crippen molar-refractivity contribution in [2.45, 2.75) is 18.9 Å². The third-order valence-corrected chi connectivity index (χ3v) is 3.61. The van der Waals surface area contributed by atoms with E-state index in [0.717, 1.165) is 11.3 Å². The average molecular weight is 299 g/mol. The molecule has 0 aliphatic carbocycles. The highest BCUT2D eigenvalue weighted by molar-refractivity contribution is 5.88. The standard InChI is InChI=1S/C17H21N3O2/c1-18-17(22)16(13-7-4-3-5-8-13)19-15(21)11-10-14-9-6-12-20(14)2/h3-9,12,16H,10-11H2,1-2H3,(H,18,22)(H,19,21). The maximum atomic E-state index is 12.2. The van der Waals surface area contributed by atoms with Crippen LogP contribution in [0.1, 0.15) is 23.7 Å². The van der Waals surface area contributed by atoms with Crippen molar-refractivity contribution in [3.63, 3.8) is 0 Å². The second-order valence-corrected chi connectivity index (χ2v) is 5.14. The molecule has 22 heavy (non-hydrogen) atoms. The molecule has 2 N–H and O–H groups in total. The molecule has 2 rings (SSSR count). The Morgan fingerprint density at radius 1 is 1.14 bits per heavy atom. The van der Waals surface area contributed by atoms with Gasteiger partial charge in [-0.25, -0.2) is 0 Å². The maximum Gasteiger partial charge on any atom is 0.246 e. The second kappa shape index (κ2) is 7.45. The van der Waals surface area contributed by atoms with Crippen LogP contribution >= 0.6 is 0 Å². The van der Waals surface area contributed by atoms with Crippen molar-refractivity contribution in [1.29, 1.82) is 0 Å². The van der Waals surface area contributed by atoms with E-state index in [1.807, 2.05) is 60.3 Å². The van der Waals surface area contributed by atoms with E-state index in [-0.39, 0.29) is 11.8 Å². The number of nitrogens with zero attached hydrogens (tertiary/aromatic N) is 1. The molecule has 5 nitrogen and oxygen atoms in total. The van der Waals surface area contributed by atoms with E-state index in [4.69, 9.17) is 0 Å². The lowest BCUT2D eigenvalue weighted by Crippen LogP contribution is -2.39. The Balaban J connectivity index is 1.99. The molecular weight excluding hydrogens is 278 g/mol. The Kier molecular flexibility index (Phi) is 5.36. The van der Waals surface area contributed by atoms with Crippen LogP contribution in [-0.2, 0) is 23.1 Å². The molecule has 2 amide bonds. The first-order valence-electron chi connectivity index (χ1n) is 7.28. The van der Waals surface area contributed by atoms with Crippen LogP contribution in [0.25, 0.3) is 0 Å². The van der Waals surface area contributed by atoms with E-state index in [1.54, 1.807) is 7.05 Å². The third kappa shape index (κ3) is 3.97. The Labute approximate surface area is 130 Å². The van der Waals surface area contributed by atoms with Crippen molar-refractivity contribution < 1.29 is 9.59 Å². The summed E-state index contributed by atoms with van der Waals surface area (Å²) in [6, 6.07) is 12.5. The van der Waals surface area contributed by atoms with Gasteiger partial charge in [0.2, 0.25) is 11.8 Å². The number of carbonyl (C=O) groups is 2. The highest BCUT2D eigenvalue weighted by Gasteiger charge is 2.21. The number of rotatable bonds is 6. The molecule has 0 spiro atoms. The number of benzene rings is 1. The molecule has 0 saturated carbocycles. The molecule has 0 aliphatic heterocycles. The number of hydrogen-bond donors (Lipinski definition) is 2. The van der Waals surface area contributed by atoms with Crippen LogP contribution in [0, 0.1) is 0 Å². The van der Waals surface area contributed by atoms with Gasteiger partial charge in [0, 0.05) is 32.4 Å². The SMILES string of the molecule is CNC(=O)C(NC(=O)CCc1cccn1C)c1ccccc1. The number of carbonyl (C=O) groups excluding carboxylic acids is 2. The third-order valence-electron chi connectivity index (χ3n) is 3.61. The Hall–Kier alpha value is -2.56. The van der Waals surface area contributed by atoms with E-state index in [2.05, 4.69) is 10.6 Å². The molecule has 116 valence electrons. The largest absolute Gasteiger partial charge is 0.357 e. The van der Waals surface area contributed by atoms with Gasteiger partial charge in [-0.15, -0.1) is 0 Å². The highest BCUT2D eigenvalue weighted by atomic mass is 16.2. The summed E-state index contributed by atoms with van der Waals surface area (Å²) in [4.78, 5) is 24.2. The quantitative estimate of drug-likeness (QED) is 0.850. The Morgan fingerprint density at radius 3 is 2.45 bits per heavy atom. The first-order valence-corrected chi connectivity index (χ1v) is 7.28. The molecule has 1 heterocycles. The summed E-state index contributed by atoms with van der Waals surface area (Å²) in [5.74, 6) is -0.364. The summed E-state index contributed by atoms with van der Waals surface area (Å²) >= 11 is 0. The number of aryl methyl sites for hydroxylation is 2. The second-order valence-electron chi connectivity index (χ2n) is 5.14. The van der Waals surface area contributed by atoms with Gasteiger partial charge in [-0.2, -0.15) is 0 Å². The van der Waals surface area contributed by atoms with Gasteiger partial charge in [-0.1, -0.05) is 30.3 Å². The molecule has 1 unspecified atom stereocenters. The minimum absolute atomic E-state index is 0.140. The van der Waals surface area contributed by atoms with E-state index < -0.39 is 6.04 Å². The normalized spacial score (nSPS) is 11.7.